The molecule has 0 radical (unpaired) electrons. The zero-order valence-electron chi connectivity index (χ0n) is 13.2. The molecule has 0 unspecified atom stereocenters. The lowest BCUT2D eigenvalue weighted by atomic mass is 10.0. The fourth-order valence-corrected chi connectivity index (χ4v) is 1.56. The highest BCUT2D eigenvalue weighted by Crippen LogP contribution is 2.06. The molecule has 0 spiro atoms. The summed E-state index contributed by atoms with van der Waals surface area (Å²) in [6.07, 6.45) is 0.874. The summed E-state index contributed by atoms with van der Waals surface area (Å²) in [5.41, 5.74) is -0.198. The molecule has 0 aromatic heterocycles. The predicted octanol–water partition coefficient (Wildman–Crippen LogP) is 1.14. The van der Waals surface area contributed by atoms with Crippen LogP contribution in [0.25, 0.3) is 0 Å². The van der Waals surface area contributed by atoms with E-state index < -0.39 is 0 Å². The minimum atomic E-state index is -0.198. The van der Waals surface area contributed by atoms with Crippen LogP contribution in [0.5, 0.6) is 0 Å². The number of rotatable bonds is 8. The molecule has 0 rings (SSSR count). The summed E-state index contributed by atoms with van der Waals surface area (Å²) in [5, 5.41) is 5.80. The number of hydrogen-bond acceptors (Lipinski definition) is 3. The van der Waals surface area contributed by atoms with Crippen molar-refractivity contribution in [3.8, 4) is 0 Å². The molecule has 5 heteroatoms. The molecule has 0 heterocycles. The van der Waals surface area contributed by atoms with E-state index in [1.807, 2.05) is 46.4 Å². The van der Waals surface area contributed by atoms with Gasteiger partial charge in [0.1, 0.15) is 0 Å². The third-order valence-corrected chi connectivity index (χ3v) is 2.99. The van der Waals surface area contributed by atoms with Crippen LogP contribution >= 0.6 is 0 Å². The molecule has 5 nitrogen and oxygen atoms in total. The van der Waals surface area contributed by atoms with Gasteiger partial charge in [-0.15, -0.1) is 0 Å². The van der Waals surface area contributed by atoms with E-state index in [9.17, 15) is 9.59 Å². The van der Waals surface area contributed by atoms with Gasteiger partial charge in [0.15, 0.2) is 0 Å². The maximum atomic E-state index is 11.9. The second-order valence-corrected chi connectivity index (χ2v) is 5.81. The van der Waals surface area contributed by atoms with Crippen molar-refractivity contribution < 1.29 is 9.59 Å². The molecule has 0 aliphatic rings. The molecule has 2 N–H and O–H groups in total. The number of amides is 2. The van der Waals surface area contributed by atoms with E-state index in [0.29, 0.717) is 6.54 Å². The van der Waals surface area contributed by atoms with Gasteiger partial charge in [0, 0.05) is 11.6 Å². The average molecular weight is 271 g/mol. The molecule has 19 heavy (non-hydrogen) atoms. The molecule has 0 saturated heterocycles. The van der Waals surface area contributed by atoms with Gasteiger partial charge >= 0.3 is 0 Å². The Bertz CT molecular complexity index is 301. The van der Waals surface area contributed by atoms with Crippen LogP contribution in [0.2, 0.25) is 0 Å². The van der Waals surface area contributed by atoms with Crippen molar-refractivity contribution in [1.82, 2.24) is 15.5 Å². The van der Waals surface area contributed by atoms with E-state index in [1.165, 1.54) is 0 Å². The zero-order chi connectivity index (χ0) is 15.1. The van der Waals surface area contributed by atoms with Gasteiger partial charge in [0.2, 0.25) is 11.8 Å². The van der Waals surface area contributed by atoms with Crippen LogP contribution < -0.4 is 10.6 Å². The average Bonchev–Trinajstić information content (AvgIpc) is 2.26. The Hall–Kier alpha value is -1.10. The molecule has 0 aromatic rings. The molecule has 0 aromatic carbocycles. The lowest BCUT2D eigenvalue weighted by Gasteiger charge is -2.27. The van der Waals surface area contributed by atoms with Crippen molar-refractivity contribution in [2.45, 2.75) is 59.5 Å². The fraction of sp³-hybridized carbons (Fsp3) is 0.857. The van der Waals surface area contributed by atoms with E-state index in [-0.39, 0.29) is 36.5 Å². The van der Waals surface area contributed by atoms with Crippen LogP contribution in [0.4, 0.5) is 0 Å². The highest BCUT2D eigenvalue weighted by Gasteiger charge is 2.20. The molecule has 0 saturated carbocycles. The smallest absolute Gasteiger partial charge is 0.234 e. The molecule has 2 amide bonds. The second kappa shape index (κ2) is 8.15. The highest BCUT2D eigenvalue weighted by molar-refractivity contribution is 5.81. The monoisotopic (exact) mass is 271 g/mol. The fourth-order valence-electron chi connectivity index (χ4n) is 1.56. The lowest BCUT2D eigenvalue weighted by molar-refractivity contribution is -0.126. The van der Waals surface area contributed by atoms with Crippen LogP contribution in [-0.2, 0) is 9.59 Å². The van der Waals surface area contributed by atoms with E-state index in [2.05, 4.69) is 10.6 Å². The predicted molar refractivity (Wildman–Crippen MR) is 77.9 cm³/mol. The first kappa shape index (κ1) is 17.9. The van der Waals surface area contributed by atoms with Crippen LogP contribution in [0.3, 0.4) is 0 Å². The summed E-state index contributed by atoms with van der Waals surface area (Å²) in [6.45, 7) is 13.0. The third kappa shape index (κ3) is 8.59. The standard InChI is InChI=1S/C14H29N3O2/c1-7-14(5,6)16-13(19)10-17(8-2)9-12(18)15-11(3)4/h11H,7-10H2,1-6H3,(H,15,18)(H,16,19). The Kier molecular flexibility index (Phi) is 7.68. The molecule has 0 aliphatic carbocycles. The molecule has 0 atom stereocenters. The van der Waals surface area contributed by atoms with Crippen LogP contribution in [0, 0.1) is 0 Å². The van der Waals surface area contributed by atoms with Gasteiger partial charge in [-0.05, 0) is 40.7 Å². The Morgan fingerprint density at radius 2 is 1.63 bits per heavy atom. The van der Waals surface area contributed by atoms with Crippen molar-refractivity contribution in [3.05, 3.63) is 0 Å². The number of nitrogens with zero attached hydrogens (tertiary/aromatic N) is 1. The number of carbonyl (C=O) groups is 2. The highest BCUT2D eigenvalue weighted by atomic mass is 16.2. The van der Waals surface area contributed by atoms with Crippen LogP contribution in [-0.4, -0.2) is 47.9 Å². The Morgan fingerprint density at radius 1 is 1.11 bits per heavy atom. The second-order valence-electron chi connectivity index (χ2n) is 5.81. The van der Waals surface area contributed by atoms with E-state index in [1.54, 1.807) is 0 Å². The van der Waals surface area contributed by atoms with Gasteiger partial charge in [0.05, 0.1) is 13.1 Å². The van der Waals surface area contributed by atoms with E-state index in [0.717, 1.165) is 6.42 Å². The Balaban J connectivity index is 4.26. The van der Waals surface area contributed by atoms with Crippen molar-refractivity contribution in [2.75, 3.05) is 19.6 Å². The quantitative estimate of drug-likeness (QED) is 0.696. The zero-order valence-corrected chi connectivity index (χ0v) is 13.2. The summed E-state index contributed by atoms with van der Waals surface area (Å²) < 4.78 is 0. The largest absolute Gasteiger partial charge is 0.353 e. The van der Waals surface area contributed by atoms with Crippen molar-refractivity contribution in [1.29, 1.82) is 0 Å². The van der Waals surface area contributed by atoms with Gasteiger partial charge in [-0.2, -0.15) is 0 Å². The van der Waals surface area contributed by atoms with Crippen LogP contribution in [0.15, 0.2) is 0 Å². The Morgan fingerprint density at radius 3 is 2.05 bits per heavy atom. The minimum absolute atomic E-state index is 0.0361. The molecule has 112 valence electrons. The van der Waals surface area contributed by atoms with Gasteiger partial charge in [-0.1, -0.05) is 13.8 Å². The first-order chi connectivity index (χ1) is 8.70. The number of hydrogen-bond donors (Lipinski definition) is 2. The molecular formula is C14H29N3O2. The lowest BCUT2D eigenvalue weighted by Crippen LogP contribution is -2.49. The van der Waals surface area contributed by atoms with Crippen molar-refractivity contribution >= 4 is 11.8 Å². The molecule has 0 bridgehead atoms. The summed E-state index contributed by atoms with van der Waals surface area (Å²) in [4.78, 5) is 25.4. The molecular weight excluding hydrogens is 242 g/mol. The molecule has 0 aliphatic heterocycles. The summed E-state index contributed by atoms with van der Waals surface area (Å²) in [6, 6.07) is 0.124. The minimum Gasteiger partial charge on any atom is -0.353 e. The number of nitrogens with one attached hydrogen (secondary N) is 2. The Labute approximate surface area is 117 Å². The van der Waals surface area contributed by atoms with Gasteiger partial charge in [-0.3, -0.25) is 14.5 Å². The SMILES string of the molecule is CCN(CC(=O)NC(C)C)CC(=O)NC(C)(C)CC. The van der Waals surface area contributed by atoms with E-state index >= 15 is 0 Å². The first-order valence-electron chi connectivity index (χ1n) is 7.03. The molecule has 0 fully saturated rings. The van der Waals surface area contributed by atoms with Gasteiger partial charge in [0.25, 0.3) is 0 Å². The van der Waals surface area contributed by atoms with Gasteiger partial charge < -0.3 is 10.6 Å². The maximum Gasteiger partial charge on any atom is 0.234 e. The normalized spacial score (nSPS) is 11.8. The topological polar surface area (TPSA) is 61.4 Å². The first-order valence-corrected chi connectivity index (χ1v) is 7.03. The van der Waals surface area contributed by atoms with Crippen molar-refractivity contribution in [3.63, 3.8) is 0 Å². The summed E-state index contributed by atoms with van der Waals surface area (Å²) in [5.74, 6) is -0.0783. The summed E-state index contributed by atoms with van der Waals surface area (Å²) >= 11 is 0. The van der Waals surface area contributed by atoms with Crippen molar-refractivity contribution in [2.24, 2.45) is 0 Å². The maximum absolute atomic E-state index is 11.9. The summed E-state index contributed by atoms with van der Waals surface area (Å²) in [7, 11) is 0. The van der Waals surface area contributed by atoms with E-state index in [4.69, 9.17) is 0 Å². The van der Waals surface area contributed by atoms with Crippen LogP contribution in [0.1, 0.15) is 48.0 Å². The number of carbonyl (C=O) groups excluding carboxylic acids is 2. The third-order valence-electron chi connectivity index (χ3n) is 2.99. The van der Waals surface area contributed by atoms with Gasteiger partial charge in [-0.25, -0.2) is 0 Å². The number of likely N-dealkylation sites (N-methyl/N-ethyl adjacent to an activating group) is 1.